The molecule has 2 bridgehead atoms. The number of benzene rings is 1. The van der Waals surface area contributed by atoms with Gasteiger partial charge in [-0.25, -0.2) is 0 Å². The van der Waals surface area contributed by atoms with E-state index in [0.29, 0.717) is 11.8 Å². The van der Waals surface area contributed by atoms with Crippen molar-refractivity contribution in [3.8, 4) is 5.75 Å². The van der Waals surface area contributed by atoms with Gasteiger partial charge in [-0.15, -0.1) is 0 Å². The first-order chi connectivity index (χ1) is 9.56. The third-order valence-corrected chi connectivity index (χ3v) is 4.90. The molecule has 1 fully saturated rings. The van der Waals surface area contributed by atoms with Crippen LogP contribution < -0.4 is 0 Å². The van der Waals surface area contributed by atoms with Gasteiger partial charge in [-0.05, 0) is 49.3 Å². The lowest BCUT2D eigenvalue weighted by Gasteiger charge is -2.30. The summed E-state index contributed by atoms with van der Waals surface area (Å²) in [6, 6.07) is 7.13. The molecule has 1 amide bonds. The van der Waals surface area contributed by atoms with Gasteiger partial charge in [0.1, 0.15) is 5.75 Å². The number of nitrogens with zero attached hydrogens (tertiary/aromatic N) is 1. The number of hydrogen-bond acceptors (Lipinski definition) is 2. The molecule has 0 spiro atoms. The molecule has 1 N–H and O–H groups in total. The van der Waals surface area contributed by atoms with E-state index >= 15 is 0 Å². The number of fused-ring (bicyclic) bond motifs is 2. The summed E-state index contributed by atoms with van der Waals surface area (Å²) in [4.78, 5) is 14.5. The maximum Gasteiger partial charge on any atom is 0.226 e. The first-order valence-electron chi connectivity index (χ1n) is 7.30. The molecule has 4 unspecified atom stereocenters. The molecule has 1 aromatic rings. The van der Waals surface area contributed by atoms with Crippen LogP contribution in [0.2, 0.25) is 0 Å². The van der Waals surface area contributed by atoms with Crippen LogP contribution in [-0.2, 0) is 4.79 Å². The average molecular weight is 271 g/mol. The molecule has 2 aliphatic carbocycles. The minimum Gasteiger partial charge on any atom is -0.508 e. The Bertz CT molecular complexity index is 534. The lowest BCUT2D eigenvalue weighted by atomic mass is 9.91. The summed E-state index contributed by atoms with van der Waals surface area (Å²) in [5, 5.41) is 9.34. The topological polar surface area (TPSA) is 40.5 Å². The molecule has 0 saturated heterocycles. The van der Waals surface area contributed by atoms with Crippen molar-refractivity contribution in [2.45, 2.75) is 25.8 Å². The van der Waals surface area contributed by atoms with Crippen molar-refractivity contribution in [3.63, 3.8) is 0 Å². The van der Waals surface area contributed by atoms with Crippen molar-refractivity contribution in [2.24, 2.45) is 17.8 Å². The average Bonchev–Trinajstić information content (AvgIpc) is 3.08. The Kier molecular flexibility index (Phi) is 3.28. The highest BCUT2D eigenvalue weighted by molar-refractivity contribution is 5.80. The van der Waals surface area contributed by atoms with Crippen molar-refractivity contribution in [1.29, 1.82) is 0 Å². The number of rotatable bonds is 3. The van der Waals surface area contributed by atoms with E-state index in [1.807, 2.05) is 31.0 Å². The van der Waals surface area contributed by atoms with Crippen LogP contribution in [0.4, 0.5) is 0 Å². The Balaban J connectivity index is 1.71. The van der Waals surface area contributed by atoms with E-state index in [1.54, 1.807) is 12.1 Å². The number of allylic oxidation sites excluding steroid dienone is 2. The van der Waals surface area contributed by atoms with Crippen molar-refractivity contribution in [1.82, 2.24) is 4.90 Å². The highest BCUT2D eigenvalue weighted by Gasteiger charge is 2.41. The second-order valence-electron chi connectivity index (χ2n) is 6.10. The van der Waals surface area contributed by atoms with Crippen LogP contribution >= 0.6 is 0 Å². The van der Waals surface area contributed by atoms with Gasteiger partial charge in [-0.2, -0.15) is 0 Å². The summed E-state index contributed by atoms with van der Waals surface area (Å²) < 4.78 is 0. The summed E-state index contributed by atoms with van der Waals surface area (Å²) in [6.07, 6.45) is 6.64. The van der Waals surface area contributed by atoms with Gasteiger partial charge in [0.15, 0.2) is 0 Å². The van der Waals surface area contributed by atoms with Crippen LogP contribution in [0.15, 0.2) is 36.4 Å². The summed E-state index contributed by atoms with van der Waals surface area (Å²) in [7, 11) is 1.88. The van der Waals surface area contributed by atoms with Gasteiger partial charge in [0.25, 0.3) is 0 Å². The second kappa shape index (κ2) is 4.97. The standard InChI is InChI=1S/C17H21NO2/c1-11(13-5-7-15(19)8-6-13)18(2)17(20)16-10-12-3-4-14(16)9-12/h3-8,11-12,14,16,19H,9-10H2,1-2H3. The quantitative estimate of drug-likeness (QED) is 0.858. The number of carbonyl (C=O) groups is 1. The van der Waals surface area contributed by atoms with E-state index in [4.69, 9.17) is 0 Å². The molecule has 3 rings (SSSR count). The molecule has 106 valence electrons. The fourth-order valence-corrected chi connectivity index (χ4v) is 3.49. The van der Waals surface area contributed by atoms with E-state index in [0.717, 1.165) is 18.4 Å². The van der Waals surface area contributed by atoms with E-state index < -0.39 is 0 Å². The first-order valence-corrected chi connectivity index (χ1v) is 7.30. The zero-order chi connectivity index (χ0) is 14.3. The minimum atomic E-state index is 0.0335. The molecule has 0 radical (unpaired) electrons. The maximum absolute atomic E-state index is 12.7. The van der Waals surface area contributed by atoms with Gasteiger partial charge in [-0.3, -0.25) is 4.79 Å². The Morgan fingerprint density at radius 1 is 1.25 bits per heavy atom. The van der Waals surface area contributed by atoms with Gasteiger partial charge in [0.05, 0.1) is 6.04 Å². The van der Waals surface area contributed by atoms with Gasteiger partial charge >= 0.3 is 0 Å². The fourth-order valence-electron chi connectivity index (χ4n) is 3.49. The highest BCUT2D eigenvalue weighted by Crippen LogP contribution is 2.44. The molecule has 2 aliphatic rings. The van der Waals surface area contributed by atoms with Crippen molar-refractivity contribution < 1.29 is 9.90 Å². The fraction of sp³-hybridized carbons (Fsp3) is 0.471. The molecular weight excluding hydrogens is 250 g/mol. The Labute approximate surface area is 119 Å². The monoisotopic (exact) mass is 271 g/mol. The van der Waals surface area contributed by atoms with Crippen LogP contribution in [-0.4, -0.2) is 23.0 Å². The third-order valence-electron chi connectivity index (χ3n) is 4.90. The van der Waals surface area contributed by atoms with Gasteiger partial charge in [0, 0.05) is 13.0 Å². The largest absolute Gasteiger partial charge is 0.508 e. The number of phenols is 1. The second-order valence-corrected chi connectivity index (χ2v) is 6.10. The Hall–Kier alpha value is -1.77. The van der Waals surface area contributed by atoms with E-state index in [9.17, 15) is 9.90 Å². The number of hydrogen-bond donors (Lipinski definition) is 1. The smallest absolute Gasteiger partial charge is 0.226 e. The number of aromatic hydroxyl groups is 1. The molecule has 1 aromatic carbocycles. The van der Waals surface area contributed by atoms with Crippen LogP contribution in [0.3, 0.4) is 0 Å². The first kappa shape index (κ1) is 13.2. The van der Waals surface area contributed by atoms with Crippen molar-refractivity contribution in [2.75, 3.05) is 7.05 Å². The van der Waals surface area contributed by atoms with Crippen molar-refractivity contribution >= 4 is 5.91 Å². The highest BCUT2D eigenvalue weighted by atomic mass is 16.3. The van der Waals surface area contributed by atoms with E-state index in [-0.39, 0.29) is 23.6 Å². The van der Waals surface area contributed by atoms with E-state index in [1.165, 1.54) is 0 Å². The normalized spacial score (nSPS) is 28.6. The maximum atomic E-state index is 12.7. The van der Waals surface area contributed by atoms with Crippen LogP contribution in [0, 0.1) is 17.8 Å². The molecule has 3 nitrogen and oxygen atoms in total. The van der Waals surface area contributed by atoms with Crippen LogP contribution in [0.1, 0.15) is 31.4 Å². The SMILES string of the molecule is CC(c1ccc(O)cc1)N(C)C(=O)C1CC2C=CC1C2. The molecule has 0 heterocycles. The zero-order valence-corrected chi connectivity index (χ0v) is 12.0. The summed E-state index contributed by atoms with van der Waals surface area (Å²) in [5.41, 5.74) is 1.05. The lowest BCUT2D eigenvalue weighted by molar-refractivity contribution is -0.137. The molecule has 0 aromatic heterocycles. The molecular formula is C17H21NO2. The Morgan fingerprint density at radius 2 is 1.95 bits per heavy atom. The summed E-state index contributed by atoms with van der Waals surface area (Å²) >= 11 is 0. The van der Waals surface area contributed by atoms with Gasteiger partial charge in [0.2, 0.25) is 5.91 Å². The molecule has 3 heteroatoms. The summed E-state index contributed by atoms with van der Waals surface area (Å²) in [6.45, 7) is 2.04. The molecule has 0 aliphatic heterocycles. The molecule has 20 heavy (non-hydrogen) atoms. The van der Waals surface area contributed by atoms with Gasteiger partial charge < -0.3 is 10.0 Å². The van der Waals surface area contributed by atoms with Crippen LogP contribution in [0.25, 0.3) is 0 Å². The van der Waals surface area contributed by atoms with Crippen molar-refractivity contribution in [3.05, 3.63) is 42.0 Å². The Morgan fingerprint density at radius 3 is 2.50 bits per heavy atom. The third kappa shape index (κ3) is 2.21. The van der Waals surface area contributed by atoms with Gasteiger partial charge in [-0.1, -0.05) is 24.3 Å². The van der Waals surface area contributed by atoms with E-state index in [2.05, 4.69) is 12.2 Å². The zero-order valence-electron chi connectivity index (χ0n) is 12.0. The minimum absolute atomic E-state index is 0.0335. The molecule has 1 saturated carbocycles. The predicted octanol–water partition coefficient (Wildman–Crippen LogP) is 3.12. The summed E-state index contributed by atoms with van der Waals surface area (Å²) in [5.74, 6) is 1.73. The number of carbonyl (C=O) groups excluding carboxylic acids is 1. The lowest BCUT2D eigenvalue weighted by Crippen LogP contribution is -2.36. The van der Waals surface area contributed by atoms with Crippen LogP contribution in [0.5, 0.6) is 5.75 Å². The molecule has 4 atom stereocenters. The predicted molar refractivity (Wildman–Crippen MR) is 78.1 cm³/mol. The number of amides is 1. The number of phenolic OH excluding ortho intramolecular Hbond substituents is 1.